The lowest BCUT2D eigenvalue weighted by molar-refractivity contribution is -0.136. The lowest BCUT2D eigenvalue weighted by Gasteiger charge is -2.13. The minimum Gasteiger partial charge on any atom is -0.491 e. The number of aryl methyl sites for hydroxylation is 2. The summed E-state index contributed by atoms with van der Waals surface area (Å²) in [4.78, 5) is 10.6. The van der Waals surface area contributed by atoms with Crippen molar-refractivity contribution in [1.82, 2.24) is 0 Å². The smallest absolute Gasteiger partial charge is 0.303 e. The fraction of sp³-hybridized carbons (Fsp3) is 0.500. The molecule has 1 aromatic carbocycles. The number of carboxylic acids is 1. The standard InChI is InChI=1S/C14H20O3/c1-4-11-9-13(17-10(2)3)7-5-12(11)6-8-14(15)16/h5,7,9-10H,4,6,8H2,1-3H3,(H,15,16). The fourth-order valence-corrected chi connectivity index (χ4v) is 1.76. The zero-order valence-electron chi connectivity index (χ0n) is 10.7. The van der Waals surface area contributed by atoms with Crippen LogP contribution >= 0.6 is 0 Å². The lowest BCUT2D eigenvalue weighted by Crippen LogP contribution is -2.06. The molecule has 1 N–H and O–H groups in total. The summed E-state index contributed by atoms with van der Waals surface area (Å²) in [6.45, 7) is 6.05. The van der Waals surface area contributed by atoms with Gasteiger partial charge in [0, 0.05) is 6.42 Å². The van der Waals surface area contributed by atoms with Crippen molar-refractivity contribution in [3.05, 3.63) is 29.3 Å². The predicted molar refractivity (Wildman–Crippen MR) is 67.5 cm³/mol. The number of carbonyl (C=O) groups is 1. The van der Waals surface area contributed by atoms with Crippen LogP contribution in [0.1, 0.15) is 38.3 Å². The van der Waals surface area contributed by atoms with Crippen molar-refractivity contribution in [2.75, 3.05) is 0 Å². The van der Waals surface area contributed by atoms with E-state index in [0.717, 1.165) is 17.7 Å². The summed E-state index contributed by atoms with van der Waals surface area (Å²) in [6, 6.07) is 5.90. The molecule has 0 fully saturated rings. The molecule has 3 nitrogen and oxygen atoms in total. The van der Waals surface area contributed by atoms with Crippen molar-refractivity contribution in [3.8, 4) is 5.75 Å². The van der Waals surface area contributed by atoms with Crippen LogP contribution in [0.5, 0.6) is 5.75 Å². The van der Waals surface area contributed by atoms with Gasteiger partial charge in [0.25, 0.3) is 0 Å². The first kappa shape index (κ1) is 13.6. The molecule has 17 heavy (non-hydrogen) atoms. The van der Waals surface area contributed by atoms with E-state index in [9.17, 15) is 4.79 Å². The van der Waals surface area contributed by atoms with E-state index in [-0.39, 0.29) is 12.5 Å². The van der Waals surface area contributed by atoms with Crippen LogP contribution in [-0.4, -0.2) is 17.2 Å². The van der Waals surface area contributed by atoms with Crippen LogP contribution in [0.25, 0.3) is 0 Å². The first-order chi connectivity index (χ1) is 8.02. The molecule has 0 aliphatic carbocycles. The van der Waals surface area contributed by atoms with Crippen LogP contribution in [0.4, 0.5) is 0 Å². The van der Waals surface area contributed by atoms with Gasteiger partial charge in [0.05, 0.1) is 6.10 Å². The third-order valence-corrected chi connectivity index (χ3v) is 2.54. The Bertz CT molecular complexity index is 383. The van der Waals surface area contributed by atoms with Gasteiger partial charge in [-0.25, -0.2) is 0 Å². The normalized spacial score (nSPS) is 10.6. The molecule has 0 aliphatic rings. The summed E-state index contributed by atoms with van der Waals surface area (Å²) >= 11 is 0. The summed E-state index contributed by atoms with van der Waals surface area (Å²) in [5.41, 5.74) is 2.27. The Kier molecular flexibility index (Phi) is 5.01. The molecule has 0 radical (unpaired) electrons. The molecule has 0 saturated carbocycles. The van der Waals surface area contributed by atoms with Gasteiger partial charge in [0.1, 0.15) is 5.75 Å². The van der Waals surface area contributed by atoms with Crippen LogP contribution in [-0.2, 0) is 17.6 Å². The Balaban J connectivity index is 2.81. The molecular formula is C14H20O3. The molecule has 0 aliphatic heterocycles. The molecule has 0 bridgehead atoms. The Morgan fingerprint density at radius 1 is 1.35 bits per heavy atom. The van der Waals surface area contributed by atoms with Crippen molar-refractivity contribution in [3.63, 3.8) is 0 Å². The molecule has 0 aromatic heterocycles. The third-order valence-electron chi connectivity index (χ3n) is 2.54. The van der Waals surface area contributed by atoms with E-state index < -0.39 is 5.97 Å². The maximum atomic E-state index is 10.6. The van der Waals surface area contributed by atoms with Gasteiger partial charge in [0.2, 0.25) is 0 Å². The lowest BCUT2D eigenvalue weighted by atomic mass is 10.0. The van der Waals surface area contributed by atoms with Crippen molar-refractivity contribution >= 4 is 5.97 Å². The quantitative estimate of drug-likeness (QED) is 0.825. The number of aliphatic carboxylic acids is 1. The number of hydrogen-bond donors (Lipinski definition) is 1. The zero-order chi connectivity index (χ0) is 12.8. The molecule has 1 rings (SSSR count). The molecule has 0 atom stereocenters. The Labute approximate surface area is 102 Å². The Morgan fingerprint density at radius 2 is 2.06 bits per heavy atom. The first-order valence-corrected chi connectivity index (χ1v) is 6.03. The first-order valence-electron chi connectivity index (χ1n) is 6.03. The van der Waals surface area contributed by atoms with E-state index in [1.165, 1.54) is 5.56 Å². The maximum Gasteiger partial charge on any atom is 0.303 e. The summed E-state index contributed by atoms with van der Waals surface area (Å²) in [7, 11) is 0. The van der Waals surface area contributed by atoms with Crippen LogP contribution in [0.3, 0.4) is 0 Å². The monoisotopic (exact) mass is 236 g/mol. The average Bonchev–Trinajstić information content (AvgIpc) is 2.26. The van der Waals surface area contributed by atoms with Crippen molar-refractivity contribution < 1.29 is 14.6 Å². The fourth-order valence-electron chi connectivity index (χ4n) is 1.76. The highest BCUT2D eigenvalue weighted by atomic mass is 16.5. The van der Waals surface area contributed by atoms with Crippen molar-refractivity contribution in [2.45, 2.75) is 46.1 Å². The highest BCUT2D eigenvalue weighted by molar-refractivity contribution is 5.67. The second kappa shape index (κ2) is 6.28. The number of carboxylic acid groups (broad SMARTS) is 1. The molecule has 0 amide bonds. The summed E-state index contributed by atoms with van der Waals surface area (Å²) in [5, 5.41) is 8.69. The van der Waals surface area contributed by atoms with E-state index >= 15 is 0 Å². The predicted octanol–water partition coefficient (Wildman–Crippen LogP) is 3.05. The molecule has 0 heterocycles. The van der Waals surface area contributed by atoms with Crippen LogP contribution in [0.2, 0.25) is 0 Å². The van der Waals surface area contributed by atoms with Gasteiger partial charge in [-0.1, -0.05) is 13.0 Å². The minimum atomic E-state index is -0.755. The molecule has 0 unspecified atom stereocenters. The van der Waals surface area contributed by atoms with Gasteiger partial charge in [-0.05, 0) is 49.9 Å². The summed E-state index contributed by atoms with van der Waals surface area (Å²) in [6.07, 6.45) is 1.81. The number of rotatable bonds is 6. The second-order valence-electron chi connectivity index (χ2n) is 4.34. The minimum absolute atomic E-state index is 0.157. The van der Waals surface area contributed by atoms with Gasteiger partial charge >= 0.3 is 5.97 Å². The Hall–Kier alpha value is -1.51. The van der Waals surface area contributed by atoms with Crippen LogP contribution in [0, 0.1) is 0 Å². The zero-order valence-corrected chi connectivity index (χ0v) is 10.7. The van der Waals surface area contributed by atoms with E-state index in [2.05, 4.69) is 6.92 Å². The summed E-state index contributed by atoms with van der Waals surface area (Å²) in [5.74, 6) is 0.102. The summed E-state index contributed by atoms with van der Waals surface area (Å²) < 4.78 is 5.62. The van der Waals surface area contributed by atoms with Gasteiger partial charge in [-0.3, -0.25) is 4.79 Å². The maximum absolute atomic E-state index is 10.6. The topological polar surface area (TPSA) is 46.5 Å². The van der Waals surface area contributed by atoms with Gasteiger partial charge < -0.3 is 9.84 Å². The van der Waals surface area contributed by atoms with Gasteiger partial charge in [-0.2, -0.15) is 0 Å². The molecule has 1 aromatic rings. The molecular weight excluding hydrogens is 216 g/mol. The molecule has 0 spiro atoms. The van der Waals surface area contributed by atoms with Crippen molar-refractivity contribution in [2.24, 2.45) is 0 Å². The average molecular weight is 236 g/mol. The number of ether oxygens (including phenoxy) is 1. The number of hydrogen-bond acceptors (Lipinski definition) is 2. The van der Waals surface area contributed by atoms with Crippen molar-refractivity contribution in [1.29, 1.82) is 0 Å². The highest BCUT2D eigenvalue weighted by Gasteiger charge is 2.06. The Morgan fingerprint density at radius 3 is 2.59 bits per heavy atom. The molecule has 3 heteroatoms. The van der Waals surface area contributed by atoms with Crippen LogP contribution in [0.15, 0.2) is 18.2 Å². The van der Waals surface area contributed by atoms with E-state index in [1.54, 1.807) is 0 Å². The number of benzene rings is 1. The molecule has 94 valence electrons. The van der Waals surface area contributed by atoms with E-state index in [0.29, 0.717) is 6.42 Å². The highest BCUT2D eigenvalue weighted by Crippen LogP contribution is 2.20. The van der Waals surface area contributed by atoms with Gasteiger partial charge in [0.15, 0.2) is 0 Å². The van der Waals surface area contributed by atoms with Gasteiger partial charge in [-0.15, -0.1) is 0 Å². The SMILES string of the molecule is CCc1cc(OC(C)C)ccc1CCC(=O)O. The second-order valence-corrected chi connectivity index (χ2v) is 4.34. The molecule has 0 saturated heterocycles. The third kappa shape index (κ3) is 4.47. The van der Waals surface area contributed by atoms with E-state index in [4.69, 9.17) is 9.84 Å². The largest absolute Gasteiger partial charge is 0.491 e. The van der Waals surface area contributed by atoms with E-state index in [1.807, 2.05) is 32.0 Å². The van der Waals surface area contributed by atoms with Crippen LogP contribution < -0.4 is 4.74 Å².